The molecule has 0 aromatic heterocycles. The van der Waals surface area contributed by atoms with Crippen LogP contribution in [0.4, 0.5) is 0 Å². The summed E-state index contributed by atoms with van der Waals surface area (Å²) in [6, 6.07) is 0. The van der Waals surface area contributed by atoms with Crippen LogP contribution in [0.1, 0.15) is 45.4 Å². The maximum Gasteiger partial charge on any atom is 0.154 e. The molecule has 0 saturated heterocycles. The Labute approximate surface area is 74.9 Å². The molecule has 2 heteroatoms. The first kappa shape index (κ1) is 10.0. The van der Waals surface area contributed by atoms with E-state index in [4.69, 9.17) is 4.74 Å². The molecule has 1 fully saturated rings. The lowest BCUT2D eigenvalue weighted by molar-refractivity contribution is -0.101. The predicted molar refractivity (Wildman–Crippen MR) is 48.8 cm³/mol. The predicted octanol–water partition coefficient (Wildman–Crippen LogP) is 2.31. The summed E-state index contributed by atoms with van der Waals surface area (Å²) in [6.07, 6.45) is 6.93. The van der Waals surface area contributed by atoms with E-state index in [1.807, 2.05) is 6.92 Å². The molecular formula is C10H20O2. The highest BCUT2D eigenvalue weighted by molar-refractivity contribution is 4.67. The van der Waals surface area contributed by atoms with E-state index < -0.39 is 6.29 Å². The lowest BCUT2D eigenvalue weighted by Gasteiger charge is -2.13. The number of rotatable bonds is 5. The van der Waals surface area contributed by atoms with Gasteiger partial charge in [-0.25, -0.2) is 0 Å². The third kappa shape index (κ3) is 3.55. The molecule has 0 heterocycles. The van der Waals surface area contributed by atoms with Crippen LogP contribution in [0.3, 0.4) is 0 Å². The minimum atomic E-state index is -0.518. The normalized spacial score (nSPS) is 21.5. The maximum atomic E-state index is 9.29. The first-order valence-corrected chi connectivity index (χ1v) is 5.12. The average Bonchev–Trinajstić information content (AvgIpc) is 2.53. The molecule has 1 N–H and O–H groups in total. The Morgan fingerprint density at radius 1 is 1.42 bits per heavy atom. The molecule has 0 aromatic rings. The van der Waals surface area contributed by atoms with Crippen molar-refractivity contribution >= 4 is 0 Å². The third-order valence-electron chi connectivity index (χ3n) is 2.66. The van der Waals surface area contributed by atoms with Gasteiger partial charge in [0, 0.05) is 6.61 Å². The van der Waals surface area contributed by atoms with Crippen molar-refractivity contribution in [3.63, 3.8) is 0 Å². The molecule has 2 nitrogen and oxygen atoms in total. The van der Waals surface area contributed by atoms with Gasteiger partial charge in [-0.15, -0.1) is 0 Å². The number of aliphatic hydroxyl groups excluding tert-OH is 1. The molecule has 0 spiro atoms. The van der Waals surface area contributed by atoms with Gasteiger partial charge in [-0.1, -0.05) is 25.7 Å². The molecule has 1 aliphatic rings. The molecule has 1 aliphatic carbocycles. The van der Waals surface area contributed by atoms with Crippen LogP contribution in [0.5, 0.6) is 0 Å². The SMILES string of the molecule is CCOC(O)CCC1CCCC1. The summed E-state index contributed by atoms with van der Waals surface area (Å²) in [4.78, 5) is 0. The molecule has 0 aliphatic heterocycles. The van der Waals surface area contributed by atoms with Crippen LogP contribution in [0, 0.1) is 5.92 Å². The molecule has 1 rings (SSSR count). The minimum absolute atomic E-state index is 0.518. The standard InChI is InChI=1S/C10H20O2/c1-2-12-10(11)8-7-9-5-3-4-6-9/h9-11H,2-8H2,1H3. The van der Waals surface area contributed by atoms with Gasteiger partial charge in [0.15, 0.2) is 6.29 Å². The summed E-state index contributed by atoms with van der Waals surface area (Å²) in [5.74, 6) is 0.861. The first-order valence-electron chi connectivity index (χ1n) is 5.12. The van der Waals surface area contributed by atoms with Crippen LogP contribution in [0.2, 0.25) is 0 Å². The highest BCUT2D eigenvalue weighted by atomic mass is 16.6. The van der Waals surface area contributed by atoms with Crippen LogP contribution < -0.4 is 0 Å². The quantitative estimate of drug-likeness (QED) is 0.645. The van der Waals surface area contributed by atoms with E-state index >= 15 is 0 Å². The summed E-state index contributed by atoms with van der Waals surface area (Å²) in [6.45, 7) is 2.53. The van der Waals surface area contributed by atoms with Gasteiger partial charge in [0.25, 0.3) is 0 Å². The Morgan fingerprint density at radius 2 is 2.08 bits per heavy atom. The molecule has 12 heavy (non-hydrogen) atoms. The van der Waals surface area contributed by atoms with Crippen molar-refractivity contribution in [1.82, 2.24) is 0 Å². The molecule has 0 aromatic carbocycles. The minimum Gasteiger partial charge on any atom is -0.368 e. The van der Waals surface area contributed by atoms with Crippen molar-refractivity contribution in [2.24, 2.45) is 5.92 Å². The van der Waals surface area contributed by atoms with E-state index in [-0.39, 0.29) is 0 Å². The van der Waals surface area contributed by atoms with E-state index in [1.54, 1.807) is 0 Å². The van der Waals surface area contributed by atoms with Crippen molar-refractivity contribution in [2.75, 3.05) is 6.61 Å². The second-order valence-corrected chi connectivity index (χ2v) is 3.64. The summed E-state index contributed by atoms with van der Waals surface area (Å²) < 4.78 is 5.06. The Bertz CT molecular complexity index is 108. The van der Waals surface area contributed by atoms with Crippen LogP contribution in [-0.4, -0.2) is 18.0 Å². The van der Waals surface area contributed by atoms with E-state index in [0.29, 0.717) is 6.61 Å². The second-order valence-electron chi connectivity index (χ2n) is 3.64. The van der Waals surface area contributed by atoms with Crippen LogP contribution in [0.25, 0.3) is 0 Å². The zero-order chi connectivity index (χ0) is 8.81. The molecular weight excluding hydrogens is 152 g/mol. The zero-order valence-electron chi connectivity index (χ0n) is 7.96. The molecule has 0 bridgehead atoms. The van der Waals surface area contributed by atoms with Gasteiger partial charge in [0.05, 0.1) is 0 Å². The Hall–Kier alpha value is -0.0800. The Morgan fingerprint density at radius 3 is 2.67 bits per heavy atom. The first-order chi connectivity index (χ1) is 5.83. The number of hydrogen-bond donors (Lipinski definition) is 1. The zero-order valence-corrected chi connectivity index (χ0v) is 7.96. The Balaban J connectivity index is 1.99. The van der Waals surface area contributed by atoms with Crippen molar-refractivity contribution in [3.05, 3.63) is 0 Å². The summed E-state index contributed by atoms with van der Waals surface area (Å²) in [5, 5.41) is 9.29. The third-order valence-corrected chi connectivity index (χ3v) is 2.66. The number of ether oxygens (including phenoxy) is 1. The summed E-state index contributed by atoms with van der Waals surface area (Å²) >= 11 is 0. The number of hydrogen-bond acceptors (Lipinski definition) is 2. The second kappa shape index (κ2) is 5.55. The monoisotopic (exact) mass is 172 g/mol. The molecule has 0 radical (unpaired) electrons. The van der Waals surface area contributed by atoms with Gasteiger partial charge in [0.2, 0.25) is 0 Å². The average molecular weight is 172 g/mol. The topological polar surface area (TPSA) is 29.5 Å². The van der Waals surface area contributed by atoms with Crippen LogP contribution in [0.15, 0.2) is 0 Å². The smallest absolute Gasteiger partial charge is 0.154 e. The van der Waals surface area contributed by atoms with Gasteiger partial charge in [-0.2, -0.15) is 0 Å². The fraction of sp³-hybridized carbons (Fsp3) is 1.00. The van der Waals surface area contributed by atoms with Gasteiger partial charge < -0.3 is 9.84 Å². The maximum absolute atomic E-state index is 9.29. The largest absolute Gasteiger partial charge is 0.368 e. The van der Waals surface area contributed by atoms with E-state index in [1.165, 1.54) is 25.7 Å². The van der Waals surface area contributed by atoms with E-state index in [9.17, 15) is 5.11 Å². The summed E-state index contributed by atoms with van der Waals surface area (Å²) in [7, 11) is 0. The number of aliphatic hydroxyl groups is 1. The van der Waals surface area contributed by atoms with Gasteiger partial charge in [0.1, 0.15) is 0 Å². The molecule has 1 saturated carbocycles. The van der Waals surface area contributed by atoms with E-state index in [0.717, 1.165) is 18.8 Å². The molecule has 72 valence electrons. The Kier molecular flexibility index (Phi) is 4.62. The van der Waals surface area contributed by atoms with Crippen molar-refractivity contribution < 1.29 is 9.84 Å². The molecule has 1 unspecified atom stereocenters. The van der Waals surface area contributed by atoms with E-state index in [2.05, 4.69) is 0 Å². The molecule has 0 amide bonds. The highest BCUT2D eigenvalue weighted by Gasteiger charge is 2.16. The fourth-order valence-corrected chi connectivity index (χ4v) is 1.95. The van der Waals surface area contributed by atoms with Gasteiger partial charge in [-0.3, -0.25) is 0 Å². The lowest BCUT2D eigenvalue weighted by Crippen LogP contribution is -2.12. The van der Waals surface area contributed by atoms with Crippen LogP contribution in [-0.2, 0) is 4.74 Å². The van der Waals surface area contributed by atoms with Crippen LogP contribution >= 0.6 is 0 Å². The van der Waals surface area contributed by atoms with Gasteiger partial charge in [-0.05, 0) is 25.7 Å². The summed E-state index contributed by atoms with van der Waals surface area (Å²) in [5.41, 5.74) is 0. The fourth-order valence-electron chi connectivity index (χ4n) is 1.95. The van der Waals surface area contributed by atoms with Gasteiger partial charge >= 0.3 is 0 Å². The van der Waals surface area contributed by atoms with Crippen molar-refractivity contribution in [3.8, 4) is 0 Å². The lowest BCUT2D eigenvalue weighted by atomic mass is 10.0. The van der Waals surface area contributed by atoms with Crippen molar-refractivity contribution in [2.45, 2.75) is 51.7 Å². The van der Waals surface area contributed by atoms with Crippen molar-refractivity contribution in [1.29, 1.82) is 0 Å². The molecule has 1 atom stereocenters. The highest BCUT2D eigenvalue weighted by Crippen LogP contribution is 2.28.